The molecule has 0 fully saturated rings. The standard InChI is InChI=1S/C16H14FN3O3S/c1-9-13(6-7-22-9)15-19-20-16(23-15)24-10(2)14(21)18-12-5-3-4-11(17)8-12/h3-8,10H,1-2H3,(H,18,21)/t10-/m1/s1. The van der Waals surface area contributed by atoms with Crippen molar-refractivity contribution in [3.05, 3.63) is 48.2 Å². The van der Waals surface area contributed by atoms with Gasteiger partial charge in [0.15, 0.2) is 0 Å². The molecule has 2 aromatic heterocycles. The summed E-state index contributed by atoms with van der Waals surface area (Å²) in [6.45, 7) is 3.49. The van der Waals surface area contributed by atoms with E-state index < -0.39 is 11.1 Å². The number of nitrogens with one attached hydrogen (secondary N) is 1. The Bertz CT molecular complexity index is 862. The van der Waals surface area contributed by atoms with Crippen molar-refractivity contribution in [2.75, 3.05) is 5.32 Å². The second-order valence-electron chi connectivity index (χ2n) is 5.02. The van der Waals surface area contributed by atoms with E-state index in [1.165, 1.54) is 24.5 Å². The molecule has 0 saturated heterocycles. The maximum atomic E-state index is 13.1. The third-order valence-corrected chi connectivity index (χ3v) is 4.17. The van der Waals surface area contributed by atoms with Crippen molar-refractivity contribution in [3.8, 4) is 11.5 Å². The molecular formula is C16H14FN3O3S. The second-order valence-corrected chi connectivity index (χ2v) is 6.32. The van der Waals surface area contributed by atoms with Crippen LogP contribution in [0, 0.1) is 12.7 Å². The molecule has 3 aromatic rings. The summed E-state index contributed by atoms with van der Waals surface area (Å²) >= 11 is 1.12. The molecule has 0 saturated carbocycles. The number of thioether (sulfide) groups is 1. The lowest BCUT2D eigenvalue weighted by Crippen LogP contribution is -2.22. The zero-order chi connectivity index (χ0) is 17.1. The summed E-state index contributed by atoms with van der Waals surface area (Å²) in [6, 6.07) is 7.44. The van der Waals surface area contributed by atoms with Crippen molar-refractivity contribution in [2.24, 2.45) is 0 Å². The molecule has 0 spiro atoms. The van der Waals surface area contributed by atoms with Crippen LogP contribution in [-0.2, 0) is 4.79 Å². The van der Waals surface area contributed by atoms with Gasteiger partial charge in [-0.1, -0.05) is 17.8 Å². The average molecular weight is 347 g/mol. The van der Waals surface area contributed by atoms with Crippen LogP contribution in [0.1, 0.15) is 12.7 Å². The first-order valence-electron chi connectivity index (χ1n) is 7.14. The molecule has 1 atom stereocenters. The van der Waals surface area contributed by atoms with Crippen molar-refractivity contribution in [2.45, 2.75) is 24.3 Å². The molecule has 0 aliphatic heterocycles. The van der Waals surface area contributed by atoms with E-state index in [0.29, 0.717) is 22.9 Å². The molecule has 1 amide bonds. The Kier molecular flexibility index (Phi) is 4.66. The van der Waals surface area contributed by atoms with Crippen LogP contribution < -0.4 is 5.32 Å². The highest BCUT2D eigenvalue weighted by molar-refractivity contribution is 8.00. The van der Waals surface area contributed by atoms with Crippen molar-refractivity contribution in [1.82, 2.24) is 10.2 Å². The van der Waals surface area contributed by atoms with E-state index in [9.17, 15) is 9.18 Å². The van der Waals surface area contributed by atoms with Crippen LogP contribution in [0.2, 0.25) is 0 Å². The van der Waals surface area contributed by atoms with Crippen LogP contribution in [-0.4, -0.2) is 21.4 Å². The van der Waals surface area contributed by atoms with Crippen molar-refractivity contribution >= 4 is 23.4 Å². The summed E-state index contributed by atoms with van der Waals surface area (Å²) in [4.78, 5) is 12.2. The van der Waals surface area contributed by atoms with Crippen LogP contribution in [0.25, 0.3) is 11.5 Å². The van der Waals surface area contributed by atoms with E-state index in [-0.39, 0.29) is 11.1 Å². The van der Waals surface area contributed by atoms with Gasteiger partial charge >= 0.3 is 0 Å². The lowest BCUT2D eigenvalue weighted by molar-refractivity contribution is -0.115. The van der Waals surface area contributed by atoms with Crippen LogP contribution in [0.5, 0.6) is 0 Å². The average Bonchev–Trinajstić information content (AvgIpc) is 3.16. The van der Waals surface area contributed by atoms with E-state index in [4.69, 9.17) is 8.83 Å². The largest absolute Gasteiger partial charge is 0.469 e. The zero-order valence-electron chi connectivity index (χ0n) is 12.9. The van der Waals surface area contributed by atoms with Crippen molar-refractivity contribution < 1.29 is 18.0 Å². The van der Waals surface area contributed by atoms with Gasteiger partial charge in [0.05, 0.1) is 17.1 Å². The highest BCUT2D eigenvalue weighted by Crippen LogP contribution is 2.28. The number of carbonyl (C=O) groups is 1. The molecule has 0 aliphatic carbocycles. The molecule has 1 aromatic carbocycles. The quantitative estimate of drug-likeness (QED) is 0.705. The minimum absolute atomic E-state index is 0.271. The summed E-state index contributed by atoms with van der Waals surface area (Å²) in [7, 11) is 0. The van der Waals surface area contributed by atoms with Gasteiger partial charge in [-0.05, 0) is 38.1 Å². The van der Waals surface area contributed by atoms with Gasteiger partial charge in [0.25, 0.3) is 11.1 Å². The Labute approximate surface area is 141 Å². The third-order valence-electron chi connectivity index (χ3n) is 3.23. The van der Waals surface area contributed by atoms with Gasteiger partial charge in [0, 0.05) is 5.69 Å². The predicted molar refractivity (Wildman–Crippen MR) is 87.1 cm³/mol. The smallest absolute Gasteiger partial charge is 0.277 e. The normalized spacial score (nSPS) is 12.1. The molecule has 0 radical (unpaired) electrons. The van der Waals surface area contributed by atoms with Crippen LogP contribution in [0.15, 0.2) is 50.7 Å². The van der Waals surface area contributed by atoms with Gasteiger partial charge in [-0.15, -0.1) is 10.2 Å². The van der Waals surface area contributed by atoms with Crippen molar-refractivity contribution in [1.29, 1.82) is 0 Å². The molecular weight excluding hydrogens is 333 g/mol. The first-order valence-corrected chi connectivity index (χ1v) is 8.02. The number of nitrogens with zero attached hydrogens (tertiary/aromatic N) is 2. The zero-order valence-corrected chi connectivity index (χ0v) is 13.8. The predicted octanol–water partition coefficient (Wildman–Crippen LogP) is 3.90. The molecule has 124 valence electrons. The lowest BCUT2D eigenvalue weighted by atomic mass is 10.3. The number of amides is 1. The number of furan rings is 1. The maximum Gasteiger partial charge on any atom is 0.277 e. The molecule has 2 heterocycles. The number of hydrogen-bond donors (Lipinski definition) is 1. The molecule has 0 unspecified atom stereocenters. The Morgan fingerprint density at radius 2 is 2.17 bits per heavy atom. The number of anilines is 1. The summed E-state index contributed by atoms with van der Waals surface area (Å²) in [5.74, 6) is 0.309. The molecule has 0 bridgehead atoms. The number of halogens is 1. The fourth-order valence-corrected chi connectivity index (χ4v) is 2.67. The highest BCUT2D eigenvalue weighted by Gasteiger charge is 2.20. The first kappa shape index (κ1) is 16.3. The van der Waals surface area contributed by atoms with Crippen LogP contribution >= 0.6 is 11.8 Å². The Morgan fingerprint density at radius 1 is 1.33 bits per heavy atom. The first-order chi connectivity index (χ1) is 11.5. The molecule has 1 N–H and O–H groups in total. The van der Waals surface area contributed by atoms with Crippen LogP contribution in [0.4, 0.5) is 10.1 Å². The highest BCUT2D eigenvalue weighted by atomic mass is 32.2. The number of benzene rings is 1. The lowest BCUT2D eigenvalue weighted by Gasteiger charge is -2.09. The molecule has 3 rings (SSSR count). The van der Waals surface area contributed by atoms with E-state index in [1.807, 2.05) is 0 Å². The van der Waals surface area contributed by atoms with Gasteiger partial charge in [0.2, 0.25) is 5.91 Å². The fraction of sp³-hybridized carbons (Fsp3) is 0.188. The summed E-state index contributed by atoms with van der Waals surface area (Å²) in [5, 5.41) is 10.3. The third kappa shape index (κ3) is 3.65. The maximum absolute atomic E-state index is 13.1. The van der Waals surface area contributed by atoms with Gasteiger partial charge in [-0.3, -0.25) is 4.79 Å². The number of hydrogen-bond acceptors (Lipinski definition) is 6. The number of aromatic nitrogens is 2. The monoisotopic (exact) mass is 347 g/mol. The Morgan fingerprint density at radius 3 is 2.88 bits per heavy atom. The van der Waals surface area contributed by atoms with E-state index in [0.717, 1.165) is 11.8 Å². The van der Waals surface area contributed by atoms with E-state index in [2.05, 4.69) is 15.5 Å². The van der Waals surface area contributed by atoms with Gasteiger partial charge in [-0.25, -0.2) is 4.39 Å². The molecule has 0 aliphatic rings. The fourth-order valence-electron chi connectivity index (χ4n) is 1.99. The summed E-state index contributed by atoms with van der Waals surface area (Å²) in [5.41, 5.74) is 1.11. The van der Waals surface area contributed by atoms with Gasteiger partial charge < -0.3 is 14.2 Å². The molecule has 6 nitrogen and oxygen atoms in total. The second kappa shape index (κ2) is 6.88. The van der Waals surface area contributed by atoms with Gasteiger partial charge in [-0.2, -0.15) is 0 Å². The number of rotatable bonds is 5. The Balaban J connectivity index is 1.64. The topological polar surface area (TPSA) is 81.2 Å². The van der Waals surface area contributed by atoms with Crippen LogP contribution in [0.3, 0.4) is 0 Å². The minimum atomic E-state index is -0.494. The number of carbonyl (C=O) groups excluding carboxylic acids is 1. The summed E-state index contributed by atoms with van der Waals surface area (Å²) in [6.07, 6.45) is 1.54. The van der Waals surface area contributed by atoms with E-state index in [1.54, 1.807) is 26.0 Å². The molecule has 24 heavy (non-hydrogen) atoms. The Hall–Kier alpha value is -2.61. The number of aryl methyl sites for hydroxylation is 1. The van der Waals surface area contributed by atoms with Crippen molar-refractivity contribution in [3.63, 3.8) is 0 Å². The SMILES string of the molecule is Cc1occc1-c1nnc(S[C@H](C)C(=O)Nc2cccc(F)c2)o1. The molecule has 8 heteroatoms. The minimum Gasteiger partial charge on any atom is -0.469 e. The summed E-state index contributed by atoms with van der Waals surface area (Å²) < 4.78 is 23.9. The van der Waals surface area contributed by atoms with E-state index >= 15 is 0 Å². The van der Waals surface area contributed by atoms with Gasteiger partial charge in [0.1, 0.15) is 11.6 Å².